The minimum absolute atomic E-state index is 0.104. The number of hydrogen-bond donors (Lipinski definition) is 1. The number of ether oxygens (including phenoxy) is 1. The second-order valence-electron chi connectivity index (χ2n) is 6.45. The fraction of sp³-hybridized carbons (Fsp3) is 0.312. The fourth-order valence-corrected chi connectivity index (χ4v) is 2.03. The van der Waals surface area contributed by atoms with Gasteiger partial charge in [-0.05, 0) is 23.6 Å². The molecule has 0 fully saturated rings. The number of nitrogens with zero attached hydrogens (tertiary/aromatic N) is 4. The Bertz CT molecular complexity index is 804. The van der Waals surface area contributed by atoms with E-state index in [2.05, 4.69) is 35.8 Å². The van der Waals surface area contributed by atoms with E-state index in [0.29, 0.717) is 12.3 Å². The Hall–Kier alpha value is -2.63. The van der Waals surface area contributed by atoms with Gasteiger partial charge >= 0.3 is 0 Å². The Balaban J connectivity index is 1.89. The van der Waals surface area contributed by atoms with Crippen LogP contribution in [-0.4, -0.2) is 26.2 Å². The molecule has 0 atom stereocenters. The van der Waals surface area contributed by atoms with Crippen molar-refractivity contribution >= 4 is 11.6 Å². The molecule has 22 heavy (non-hydrogen) atoms. The lowest BCUT2D eigenvalue weighted by molar-refractivity contribution is 0.197. The topological polar surface area (TPSA) is 78.3 Å². The van der Waals surface area contributed by atoms with Crippen molar-refractivity contribution in [3.05, 3.63) is 36.8 Å². The molecule has 2 N–H and O–H groups in total. The molecule has 0 saturated carbocycles. The van der Waals surface area contributed by atoms with Gasteiger partial charge in [0.15, 0.2) is 5.65 Å². The van der Waals surface area contributed by atoms with Gasteiger partial charge in [0.2, 0.25) is 5.95 Å². The molecule has 3 heterocycles. The quantitative estimate of drug-likeness (QED) is 0.804. The van der Waals surface area contributed by atoms with E-state index in [1.165, 1.54) is 0 Å². The largest absolute Gasteiger partial charge is 0.491 e. The third kappa shape index (κ3) is 3.16. The highest BCUT2D eigenvalue weighted by Gasteiger charge is 2.12. The number of rotatable bonds is 3. The van der Waals surface area contributed by atoms with E-state index in [1.54, 1.807) is 16.9 Å². The van der Waals surface area contributed by atoms with Crippen molar-refractivity contribution in [1.82, 2.24) is 19.6 Å². The molecule has 0 radical (unpaired) electrons. The first kappa shape index (κ1) is 14.3. The highest BCUT2D eigenvalue weighted by molar-refractivity contribution is 5.65. The predicted octanol–water partition coefficient (Wildman–Crippen LogP) is 2.80. The SMILES string of the molecule is CC(C)(C)COc1cncc(-c2ccc3nc(N)nn3c2)c1. The Morgan fingerprint density at radius 3 is 2.77 bits per heavy atom. The van der Waals surface area contributed by atoms with E-state index in [1.807, 2.05) is 24.4 Å². The molecule has 114 valence electrons. The number of aromatic nitrogens is 4. The molecule has 0 saturated heterocycles. The maximum atomic E-state index is 5.81. The summed E-state index contributed by atoms with van der Waals surface area (Å²) in [7, 11) is 0. The number of nitrogens with two attached hydrogens (primary N) is 1. The number of pyridine rings is 2. The summed E-state index contributed by atoms with van der Waals surface area (Å²) in [5, 5.41) is 4.12. The molecule has 0 aromatic carbocycles. The van der Waals surface area contributed by atoms with Crippen molar-refractivity contribution in [3.63, 3.8) is 0 Å². The van der Waals surface area contributed by atoms with Gasteiger partial charge in [-0.3, -0.25) is 4.98 Å². The average molecular weight is 297 g/mol. The second-order valence-corrected chi connectivity index (χ2v) is 6.45. The van der Waals surface area contributed by atoms with Gasteiger partial charge in [0.1, 0.15) is 5.75 Å². The molecule has 0 aliphatic carbocycles. The summed E-state index contributed by atoms with van der Waals surface area (Å²) >= 11 is 0. The number of nitrogen functional groups attached to an aromatic ring is 1. The summed E-state index contributed by atoms with van der Waals surface area (Å²) in [6.07, 6.45) is 5.40. The first-order valence-corrected chi connectivity index (χ1v) is 7.11. The number of hydrogen-bond acceptors (Lipinski definition) is 5. The maximum absolute atomic E-state index is 5.81. The van der Waals surface area contributed by atoms with Gasteiger partial charge in [0.05, 0.1) is 12.8 Å². The average Bonchev–Trinajstić information content (AvgIpc) is 2.84. The van der Waals surface area contributed by atoms with Crippen molar-refractivity contribution in [3.8, 4) is 16.9 Å². The van der Waals surface area contributed by atoms with Crippen LogP contribution in [0.15, 0.2) is 36.8 Å². The van der Waals surface area contributed by atoms with Crippen molar-refractivity contribution in [2.45, 2.75) is 20.8 Å². The van der Waals surface area contributed by atoms with Gasteiger partial charge in [0, 0.05) is 23.5 Å². The molecule has 0 unspecified atom stereocenters. The predicted molar refractivity (Wildman–Crippen MR) is 85.6 cm³/mol. The molecule has 3 aromatic heterocycles. The zero-order valence-electron chi connectivity index (χ0n) is 12.9. The van der Waals surface area contributed by atoms with Crippen LogP contribution in [0.3, 0.4) is 0 Å². The van der Waals surface area contributed by atoms with Crippen LogP contribution < -0.4 is 10.5 Å². The lowest BCUT2D eigenvalue weighted by atomic mass is 9.99. The highest BCUT2D eigenvalue weighted by atomic mass is 16.5. The van der Waals surface area contributed by atoms with Gasteiger partial charge in [-0.2, -0.15) is 4.98 Å². The van der Waals surface area contributed by atoms with E-state index in [9.17, 15) is 0 Å². The third-order valence-corrected chi connectivity index (χ3v) is 3.07. The molecule has 0 bridgehead atoms. The van der Waals surface area contributed by atoms with Crippen LogP contribution in [0.4, 0.5) is 5.95 Å². The Morgan fingerprint density at radius 2 is 2.00 bits per heavy atom. The van der Waals surface area contributed by atoms with Crippen LogP contribution >= 0.6 is 0 Å². The summed E-state index contributed by atoms with van der Waals surface area (Å²) in [6.45, 7) is 7.03. The van der Waals surface area contributed by atoms with Crippen LogP contribution in [0.5, 0.6) is 5.75 Å². The summed E-state index contributed by atoms with van der Waals surface area (Å²) < 4.78 is 7.47. The second kappa shape index (κ2) is 5.29. The Morgan fingerprint density at radius 1 is 1.18 bits per heavy atom. The third-order valence-electron chi connectivity index (χ3n) is 3.07. The van der Waals surface area contributed by atoms with Crippen molar-refractivity contribution in [1.29, 1.82) is 0 Å². The molecule has 0 aliphatic heterocycles. The maximum Gasteiger partial charge on any atom is 0.240 e. The Labute approximate surface area is 129 Å². The Kier molecular flexibility index (Phi) is 3.44. The van der Waals surface area contributed by atoms with Gasteiger partial charge in [-0.1, -0.05) is 20.8 Å². The molecular weight excluding hydrogens is 278 g/mol. The highest BCUT2D eigenvalue weighted by Crippen LogP contribution is 2.24. The summed E-state index contributed by atoms with van der Waals surface area (Å²) in [5.74, 6) is 1.02. The molecule has 3 rings (SSSR count). The van der Waals surface area contributed by atoms with E-state index in [4.69, 9.17) is 10.5 Å². The van der Waals surface area contributed by atoms with Crippen molar-refractivity contribution < 1.29 is 4.74 Å². The van der Waals surface area contributed by atoms with Crippen LogP contribution in [0.2, 0.25) is 0 Å². The summed E-state index contributed by atoms with van der Waals surface area (Å²) in [4.78, 5) is 8.36. The van der Waals surface area contributed by atoms with Crippen molar-refractivity contribution in [2.75, 3.05) is 12.3 Å². The summed E-state index contributed by atoms with van der Waals surface area (Å²) in [5.41, 5.74) is 8.37. The van der Waals surface area contributed by atoms with E-state index in [-0.39, 0.29) is 11.4 Å². The van der Waals surface area contributed by atoms with Gasteiger partial charge in [-0.25, -0.2) is 4.52 Å². The zero-order chi connectivity index (χ0) is 15.7. The number of fused-ring (bicyclic) bond motifs is 1. The lowest BCUT2D eigenvalue weighted by Crippen LogP contribution is -2.16. The molecule has 6 heteroatoms. The van der Waals surface area contributed by atoms with Crippen molar-refractivity contribution in [2.24, 2.45) is 5.41 Å². The van der Waals surface area contributed by atoms with Crippen LogP contribution in [0, 0.1) is 5.41 Å². The first-order valence-electron chi connectivity index (χ1n) is 7.11. The summed E-state index contributed by atoms with van der Waals surface area (Å²) in [6, 6.07) is 5.82. The fourth-order valence-electron chi connectivity index (χ4n) is 2.03. The zero-order valence-corrected chi connectivity index (χ0v) is 12.9. The van der Waals surface area contributed by atoms with E-state index in [0.717, 1.165) is 16.9 Å². The minimum atomic E-state index is 0.104. The molecule has 0 amide bonds. The number of anilines is 1. The van der Waals surface area contributed by atoms with Gasteiger partial charge in [0.25, 0.3) is 0 Å². The normalized spacial score (nSPS) is 11.8. The van der Waals surface area contributed by atoms with Crippen LogP contribution in [0.1, 0.15) is 20.8 Å². The van der Waals surface area contributed by atoms with Gasteiger partial charge in [-0.15, -0.1) is 5.10 Å². The van der Waals surface area contributed by atoms with E-state index < -0.39 is 0 Å². The first-order chi connectivity index (χ1) is 10.4. The molecule has 0 aliphatic rings. The molecule has 6 nitrogen and oxygen atoms in total. The standard InChI is InChI=1S/C16H19N5O/c1-16(2,3)10-22-13-6-12(7-18-8-13)11-4-5-14-19-15(17)20-21(14)9-11/h4-9H,10H2,1-3H3,(H2,17,20). The molecular formula is C16H19N5O. The molecule has 3 aromatic rings. The van der Waals surface area contributed by atoms with E-state index >= 15 is 0 Å². The van der Waals surface area contributed by atoms with Crippen LogP contribution in [-0.2, 0) is 0 Å². The van der Waals surface area contributed by atoms with Crippen LogP contribution in [0.25, 0.3) is 16.8 Å². The smallest absolute Gasteiger partial charge is 0.240 e. The molecule has 0 spiro atoms. The monoisotopic (exact) mass is 297 g/mol. The lowest BCUT2D eigenvalue weighted by Gasteiger charge is -2.18. The van der Waals surface area contributed by atoms with Gasteiger partial charge < -0.3 is 10.5 Å². The minimum Gasteiger partial charge on any atom is -0.491 e.